The van der Waals surface area contributed by atoms with Crippen LogP contribution < -0.4 is 5.32 Å². The fraction of sp³-hybridized carbons (Fsp3) is 0.615. The average molecular weight is 282 g/mol. The number of carbonyl (C=O) groups is 2. The molecule has 7 nitrogen and oxygen atoms in total. The van der Waals surface area contributed by atoms with Gasteiger partial charge in [0.05, 0.1) is 6.20 Å². The maximum Gasteiger partial charge on any atom is 0.329 e. The average Bonchev–Trinajstić information content (AvgIpc) is 2.75. The predicted octanol–water partition coefficient (Wildman–Crippen LogP) is 0.857. The van der Waals surface area contributed by atoms with E-state index in [4.69, 9.17) is 5.11 Å². The Bertz CT molecular complexity index is 482. The van der Waals surface area contributed by atoms with Crippen molar-refractivity contribution in [1.29, 1.82) is 0 Å². The largest absolute Gasteiger partial charge is 0.480 e. The predicted molar refractivity (Wildman–Crippen MR) is 74.4 cm³/mol. The normalized spacial score (nSPS) is 11.2. The van der Waals surface area contributed by atoms with E-state index in [2.05, 4.69) is 10.4 Å². The summed E-state index contributed by atoms with van der Waals surface area (Å²) >= 11 is 0. The summed E-state index contributed by atoms with van der Waals surface area (Å²) < 4.78 is 1.70. The van der Waals surface area contributed by atoms with E-state index < -0.39 is 11.5 Å². The lowest BCUT2D eigenvalue weighted by Gasteiger charge is -2.34. The molecule has 0 bridgehead atoms. The maximum atomic E-state index is 12.1. The van der Waals surface area contributed by atoms with Crippen LogP contribution in [0.15, 0.2) is 12.4 Å². The lowest BCUT2D eigenvalue weighted by Crippen LogP contribution is -2.56. The molecule has 0 saturated carbocycles. The summed E-state index contributed by atoms with van der Waals surface area (Å²) in [4.78, 5) is 24.5. The monoisotopic (exact) mass is 282 g/mol. The first-order valence-corrected chi connectivity index (χ1v) is 6.55. The number of aryl methyl sites for hydroxylation is 1. The summed E-state index contributed by atoms with van der Waals surface area (Å²) in [5, 5.41) is 15.9. The molecule has 0 unspecified atom stereocenters. The molecule has 1 aromatic heterocycles. The summed E-state index contributed by atoms with van der Waals surface area (Å²) in [6, 6.07) is -0.371. The Kier molecular flexibility index (Phi) is 5.12. The van der Waals surface area contributed by atoms with Gasteiger partial charge in [-0.1, -0.05) is 0 Å². The van der Waals surface area contributed by atoms with Crippen LogP contribution in [0.5, 0.6) is 0 Å². The first-order valence-electron chi connectivity index (χ1n) is 6.55. The van der Waals surface area contributed by atoms with E-state index in [1.165, 1.54) is 18.7 Å². The molecule has 1 rings (SSSR count). The minimum atomic E-state index is -1.23. The Labute approximate surface area is 118 Å². The molecule has 112 valence electrons. The number of carboxylic acid groups (broad SMARTS) is 1. The minimum absolute atomic E-state index is 0.331. The van der Waals surface area contributed by atoms with Crippen LogP contribution in [0.25, 0.3) is 0 Å². The second kappa shape index (κ2) is 6.40. The van der Waals surface area contributed by atoms with Crippen LogP contribution in [-0.4, -0.2) is 50.4 Å². The number of hydrogen-bond donors (Lipinski definition) is 2. The molecular weight excluding hydrogens is 260 g/mol. The zero-order chi connectivity index (χ0) is 15.3. The van der Waals surface area contributed by atoms with Crippen molar-refractivity contribution in [3.05, 3.63) is 18.0 Å². The van der Waals surface area contributed by atoms with Crippen LogP contribution in [0.2, 0.25) is 0 Å². The molecule has 0 aromatic carbocycles. The molecule has 0 fully saturated rings. The topological polar surface area (TPSA) is 87.5 Å². The number of likely N-dealkylation sites (N-methyl/N-ethyl adjacent to an activating group) is 1. The summed E-state index contributed by atoms with van der Waals surface area (Å²) in [7, 11) is 1.83. The van der Waals surface area contributed by atoms with Gasteiger partial charge in [-0.2, -0.15) is 5.10 Å². The van der Waals surface area contributed by atoms with E-state index in [0.717, 1.165) is 5.56 Å². The standard InChI is InChI=1S/C13H22N4O3/c1-5-17(13(2,3)11(18)19)12(20)14-7-6-10-8-15-16(4)9-10/h8-9H,5-7H2,1-4H3,(H,14,20)(H,18,19). The van der Waals surface area contributed by atoms with Gasteiger partial charge < -0.3 is 15.3 Å². The van der Waals surface area contributed by atoms with Gasteiger partial charge in [0.2, 0.25) is 0 Å². The molecule has 2 amide bonds. The number of carbonyl (C=O) groups excluding carboxylic acids is 1. The summed E-state index contributed by atoms with van der Waals surface area (Å²) in [5.74, 6) is -1.03. The Hall–Kier alpha value is -2.05. The van der Waals surface area contributed by atoms with Gasteiger partial charge in [-0.05, 0) is 32.8 Å². The van der Waals surface area contributed by atoms with Gasteiger partial charge in [0.15, 0.2) is 0 Å². The van der Waals surface area contributed by atoms with Crippen molar-refractivity contribution in [2.45, 2.75) is 32.7 Å². The van der Waals surface area contributed by atoms with E-state index in [1.807, 2.05) is 13.2 Å². The number of rotatable bonds is 6. The smallest absolute Gasteiger partial charge is 0.329 e. The summed E-state index contributed by atoms with van der Waals surface area (Å²) in [6.07, 6.45) is 4.28. The van der Waals surface area contributed by atoms with Crippen LogP contribution in [0.4, 0.5) is 4.79 Å². The Morgan fingerprint density at radius 1 is 1.50 bits per heavy atom. The van der Waals surface area contributed by atoms with Gasteiger partial charge in [0, 0.05) is 26.3 Å². The van der Waals surface area contributed by atoms with Gasteiger partial charge in [-0.15, -0.1) is 0 Å². The van der Waals surface area contributed by atoms with Crippen LogP contribution in [0.1, 0.15) is 26.3 Å². The summed E-state index contributed by atoms with van der Waals surface area (Å²) in [6.45, 7) is 5.55. The van der Waals surface area contributed by atoms with E-state index in [0.29, 0.717) is 19.5 Å². The third-order valence-corrected chi connectivity index (χ3v) is 3.21. The molecule has 1 heterocycles. The third kappa shape index (κ3) is 3.72. The summed E-state index contributed by atoms with van der Waals surface area (Å²) in [5.41, 5.74) is -0.207. The Morgan fingerprint density at radius 3 is 2.60 bits per heavy atom. The van der Waals surface area contributed by atoms with Crippen molar-refractivity contribution in [3.8, 4) is 0 Å². The van der Waals surface area contributed by atoms with Crippen LogP contribution in [-0.2, 0) is 18.3 Å². The Balaban J connectivity index is 2.54. The highest BCUT2D eigenvalue weighted by molar-refractivity contribution is 5.85. The molecule has 0 aliphatic carbocycles. The Morgan fingerprint density at radius 2 is 2.15 bits per heavy atom. The lowest BCUT2D eigenvalue weighted by atomic mass is 10.0. The van der Waals surface area contributed by atoms with Gasteiger partial charge in [-0.25, -0.2) is 9.59 Å². The molecule has 0 aliphatic heterocycles. The number of nitrogens with zero attached hydrogens (tertiary/aromatic N) is 3. The first kappa shape index (κ1) is 16.0. The van der Waals surface area contributed by atoms with Crippen molar-refractivity contribution in [2.75, 3.05) is 13.1 Å². The highest BCUT2D eigenvalue weighted by Crippen LogP contribution is 2.14. The highest BCUT2D eigenvalue weighted by atomic mass is 16.4. The number of aromatic nitrogens is 2. The fourth-order valence-corrected chi connectivity index (χ4v) is 1.92. The molecule has 0 radical (unpaired) electrons. The molecule has 0 spiro atoms. The second-order valence-electron chi connectivity index (χ2n) is 5.11. The van der Waals surface area contributed by atoms with Gasteiger partial charge in [0.1, 0.15) is 5.54 Å². The van der Waals surface area contributed by atoms with Crippen LogP contribution in [0, 0.1) is 0 Å². The van der Waals surface area contributed by atoms with Crippen molar-refractivity contribution >= 4 is 12.0 Å². The number of nitrogens with one attached hydrogen (secondary N) is 1. The maximum absolute atomic E-state index is 12.1. The molecule has 7 heteroatoms. The van der Waals surface area contributed by atoms with E-state index in [-0.39, 0.29) is 6.03 Å². The van der Waals surface area contributed by atoms with Gasteiger partial charge in [0.25, 0.3) is 0 Å². The van der Waals surface area contributed by atoms with Crippen molar-refractivity contribution in [1.82, 2.24) is 20.0 Å². The van der Waals surface area contributed by atoms with Crippen LogP contribution >= 0.6 is 0 Å². The number of amides is 2. The molecule has 0 atom stereocenters. The SMILES string of the molecule is CCN(C(=O)NCCc1cnn(C)c1)C(C)(C)C(=O)O. The van der Waals surface area contributed by atoms with Crippen molar-refractivity contribution in [2.24, 2.45) is 7.05 Å². The zero-order valence-electron chi connectivity index (χ0n) is 12.4. The number of aliphatic carboxylic acids is 1. The molecule has 1 aromatic rings. The van der Waals surface area contributed by atoms with Crippen LogP contribution in [0.3, 0.4) is 0 Å². The zero-order valence-corrected chi connectivity index (χ0v) is 12.4. The first-order chi connectivity index (χ1) is 9.28. The molecular formula is C13H22N4O3. The minimum Gasteiger partial charge on any atom is -0.480 e. The quantitative estimate of drug-likeness (QED) is 0.810. The lowest BCUT2D eigenvalue weighted by molar-refractivity contribution is -0.147. The molecule has 2 N–H and O–H groups in total. The highest BCUT2D eigenvalue weighted by Gasteiger charge is 2.36. The molecule has 20 heavy (non-hydrogen) atoms. The van der Waals surface area contributed by atoms with Gasteiger partial charge in [-0.3, -0.25) is 4.68 Å². The van der Waals surface area contributed by atoms with Crippen molar-refractivity contribution in [3.63, 3.8) is 0 Å². The van der Waals surface area contributed by atoms with E-state index >= 15 is 0 Å². The van der Waals surface area contributed by atoms with Gasteiger partial charge >= 0.3 is 12.0 Å². The number of hydrogen-bond acceptors (Lipinski definition) is 3. The van der Waals surface area contributed by atoms with Crippen molar-refractivity contribution < 1.29 is 14.7 Å². The third-order valence-electron chi connectivity index (χ3n) is 3.21. The number of carboxylic acids is 1. The van der Waals surface area contributed by atoms with E-state index in [9.17, 15) is 9.59 Å². The fourth-order valence-electron chi connectivity index (χ4n) is 1.92. The second-order valence-corrected chi connectivity index (χ2v) is 5.11. The molecule has 0 saturated heterocycles. The van der Waals surface area contributed by atoms with E-state index in [1.54, 1.807) is 17.8 Å². The molecule has 0 aliphatic rings. The number of urea groups is 1.